The standard InChI is InChI=1S/C12H15ClN2O/c1-3-4-8(2)15-11-6-5-9(13)7-10(11)14-12(15)16/h5-8H,3-4H2,1-2H3,(H,14,16). The van der Waals surface area contributed by atoms with Crippen LogP contribution >= 0.6 is 11.6 Å². The van der Waals surface area contributed by atoms with Gasteiger partial charge >= 0.3 is 5.69 Å². The van der Waals surface area contributed by atoms with Gasteiger partial charge in [-0.1, -0.05) is 24.9 Å². The van der Waals surface area contributed by atoms with E-state index in [1.165, 1.54) is 0 Å². The fraction of sp³-hybridized carbons (Fsp3) is 0.417. The van der Waals surface area contributed by atoms with Gasteiger partial charge in [-0.2, -0.15) is 0 Å². The van der Waals surface area contributed by atoms with Crippen LogP contribution in [0.3, 0.4) is 0 Å². The minimum absolute atomic E-state index is 0.0572. The number of benzene rings is 1. The Bertz CT molecular complexity index is 556. The largest absolute Gasteiger partial charge is 0.326 e. The number of aromatic nitrogens is 2. The molecule has 0 aliphatic carbocycles. The molecule has 0 saturated heterocycles. The van der Waals surface area contributed by atoms with E-state index in [0.717, 1.165) is 23.9 Å². The molecule has 16 heavy (non-hydrogen) atoms. The van der Waals surface area contributed by atoms with Gasteiger partial charge in [-0.15, -0.1) is 0 Å². The average Bonchev–Trinajstić information content (AvgIpc) is 2.53. The highest BCUT2D eigenvalue weighted by Gasteiger charge is 2.12. The fourth-order valence-corrected chi connectivity index (χ4v) is 2.26. The molecule has 0 saturated carbocycles. The highest BCUT2D eigenvalue weighted by molar-refractivity contribution is 6.31. The van der Waals surface area contributed by atoms with E-state index >= 15 is 0 Å². The quantitative estimate of drug-likeness (QED) is 0.875. The lowest BCUT2D eigenvalue weighted by molar-refractivity contribution is 0.500. The van der Waals surface area contributed by atoms with Crippen LogP contribution in [0.15, 0.2) is 23.0 Å². The SMILES string of the molecule is CCCC(C)n1c(=O)[nH]c2cc(Cl)ccc21. The zero-order valence-electron chi connectivity index (χ0n) is 9.46. The van der Waals surface area contributed by atoms with Crippen LogP contribution in [0.5, 0.6) is 0 Å². The van der Waals surface area contributed by atoms with Crippen molar-refractivity contribution in [1.82, 2.24) is 9.55 Å². The summed E-state index contributed by atoms with van der Waals surface area (Å²) in [5, 5.41) is 0.643. The first-order valence-corrected chi connectivity index (χ1v) is 5.91. The van der Waals surface area contributed by atoms with Crippen LogP contribution in [0.2, 0.25) is 5.02 Å². The van der Waals surface area contributed by atoms with E-state index in [-0.39, 0.29) is 11.7 Å². The van der Waals surface area contributed by atoms with Crippen molar-refractivity contribution in [2.75, 3.05) is 0 Å². The molecule has 1 aromatic carbocycles. The van der Waals surface area contributed by atoms with E-state index in [2.05, 4.69) is 18.8 Å². The molecule has 3 nitrogen and oxygen atoms in total. The van der Waals surface area contributed by atoms with Crippen molar-refractivity contribution in [2.45, 2.75) is 32.7 Å². The Morgan fingerprint density at radius 2 is 2.25 bits per heavy atom. The van der Waals surface area contributed by atoms with E-state index in [4.69, 9.17) is 11.6 Å². The van der Waals surface area contributed by atoms with E-state index in [1.807, 2.05) is 12.1 Å². The fourth-order valence-electron chi connectivity index (χ4n) is 2.09. The van der Waals surface area contributed by atoms with Crippen molar-refractivity contribution < 1.29 is 0 Å². The Morgan fingerprint density at radius 1 is 1.50 bits per heavy atom. The van der Waals surface area contributed by atoms with Gasteiger partial charge in [0.25, 0.3) is 0 Å². The molecule has 1 unspecified atom stereocenters. The lowest BCUT2D eigenvalue weighted by Gasteiger charge is -2.11. The minimum Gasteiger partial charge on any atom is -0.305 e. The second-order valence-corrected chi connectivity index (χ2v) is 4.54. The molecule has 1 aromatic heterocycles. The summed E-state index contributed by atoms with van der Waals surface area (Å²) in [5.41, 5.74) is 1.68. The van der Waals surface area contributed by atoms with Crippen molar-refractivity contribution in [3.8, 4) is 0 Å². The Hall–Kier alpha value is -1.22. The van der Waals surface area contributed by atoms with Gasteiger partial charge in [0.1, 0.15) is 0 Å². The number of halogens is 1. The second kappa shape index (κ2) is 4.34. The summed E-state index contributed by atoms with van der Waals surface area (Å²) in [7, 11) is 0. The summed E-state index contributed by atoms with van der Waals surface area (Å²) in [6, 6.07) is 5.70. The van der Waals surface area contributed by atoms with Crippen molar-refractivity contribution >= 4 is 22.6 Å². The predicted octanol–water partition coefficient (Wildman–Crippen LogP) is 3.34. The monoisotopic (exact) mass is 238 g/mol. The lowest BCUT2D eigenvalue weighted by atomic mass is 10.2. The Labute approximate surface area is 99.0 Å². The first kappa shape index (κ1) is 11.3. The Morgan fingerprint density at radius 3 is 2.94 bits per heavy atom. The summed E-state index contributed by atoms with van der Waals surface area (Å²) in [6.07, 6.45) is 2.06. The molecule has 2 rings (SSSR count). The normalized spacial score (nSPS) is 13.2. The zero-order chi connectivity index (χ0) is 11.7. The number of H-pyrrole nitrogens is 1. The number of rotatable bonds is 3. The summed E-state index contributed by atoms with van der Waals surface area (Å²) >= 11 is 5.89. The lowest BCUT2D eigenvalue weighted by Crippen LogP contribution is -2.20. The van der Waals surface area contributed by atoms with Crippen LogP contribution in [-0.2, 0) is 0 Å². The summed E-state index contributed by atoms with van der Waals surface area (Å²) in [6.45, 7) is 4.18. The van der Waals surface area contributed by atoms with Gasteiger partial charge < -0.3 is 4.98 Å². The number of nitrogens with one attached hydrogen (secondary N) is 1. The summed E-state index contributed by atoms with van der Waals surface area (Å²) in [5.74, 6) is 0. The van der Waals surface area contributed by atoms with Gasteiger partial charge in [0, 0.05) is 11.1 Å². The maximum Gasteiger partial charge on any atom is 0.326 e. The van der Waals surface area contributed by atoms with Gasteiger partial charge in [-0.3, -0.25) is 4.57 Å². The molecule has 1 N–H and O–H groups in total. The number of imidazole rings is 1. The molecule has 0 bridgehead atoms. The van der Waals surface area contributed by atoms with E-state index in [0.29, 0.717) is 5.02 Å². The number of hydrogen-bond donors (Lipinski definition) is 1. The predicted molar refractivity (Wildman–Crippen MR) is 67.2 cm³/mol. The molecular weight excluding hydrogens is 224 g/mol. The van der Waals surface area contributed by atoms with Crippen molar-refractivity contribution in [1.29, 1.82) is 0 Å². The Balaban J connectivity index is 2.60. The van der Waals surface area contributed by atoms with Crippen molar-refractivity contribution in [2.24, 2.45) is 0 Å². The van der Waals surface area contributed by atoms with Crippen LogP contribution < -0.4 is 5.69 Å². The number of aromatic amines is 1. The highest BCUT2D eigenvalue weighted by Crippen LogP contribution is 2.21. The molecule has 0 radical (unpaired) electrons. The molecule has 2 aromatic rings. The van der Waals surface area contributed by atoms with E-state index in [9.17, 15) is 4.79 Å². The molecule has 0 aliphatic rings. The van der Waals surface area contributed by atoms with Crippen LogP contribution in [0, 0.1) is 0 Å². The first-order valence-electron chi connectivity index (χ1n) is 5.53. The molecule has 0 fully saturated rings. The van der Waals surface area contributed by atoms with Gasteiger partial charge in [-0.25, -0.2) is 4.79 Å². The molecule has 1 atom stereocenters. The second-order valence-electron chi connectivity index (χ2n) is 4.10. The third-order valence-electron chi connectivity index (χ3n) is 2.83. The van der Waals surface area contributed by atoms with Gasteiger partial charge in [0.2, 0.25) is 0 Å². The zero-order valence-corrected chi connectivity index (χ0v) is 10.2. The average molecular weight is 239 g/mol. The number of hydrogen-bond acceptors (Lipinski definition) is 1. The first-order chi connectivity index (χ1) is 7.63. The van der Waals surface area contributed by atoms with Gasteiger partial charge in [0.05, 0.1) is 11.0 Å². The van der Waals surface area contributed by atoms with Crippen LogP contribution in [0.25, 0.3) is 11.0 Å². The third-order valence-corrected chi connectivity index (χ3v) is 3.06. The number of fused-ring (bicyclic) bond motifs is 1. The summed E-state index contributed by atoms with van der Waals surface area (Å²) < 4.78 is 1.80. The summed E-state index contributed by atoms with van der Waals surface area (Å²) in [4.78, 5) is 14.7. The van der Waals surface area contributed by atoms with E-state index in [1.54, 1.807) is 10.6 Å². The molecule has 1 heterocycles. The smallest absolute Gasteiger partial charge is 0.305 e. The molecule has 0 amide bonds. The van der Waals surface area contributed by atoms with Gasteiger partial charge in [-0.05, 0) is 31.5 Å². The molecule has 4 heteroatoms. The maximum absolute atomic E-state index is 11.8. The molecule has 86 valence electrons. The van der Waals surface area contributed by atoms with Gasteiger partial charge in [0.15, 0.2) is 0 Å². The number of nitrogens with zero attached hydrogens (tertiary/aromatic N) is 1. The van der Waals surface area contributed by atoms with Crippen LogP contribution in [-0.4, -0.2) is 9.55 Å². The third kappa shape index (κ3) is 1.87. The molecular formula is C12H15ClN2O. The van der Waals surface area contributed by atoms with Crippen LogP contribution in [0.4, 0.5) is 0 Å². The topological polar surface area (TPSA) is 37.8 Å². The maximum atomic E-state index is 11.8. The highest BCUT2D eigenvalue weighted by atomic mass is 35.5. The minimum atomic E-state index is -0.0572. The van der Waals surface area contributed by atoms with E-state index < -0.39 is 0 Å². The Kier molecular flexibility index (Phi) is 3.06. The van der Waals surface area contributed by atoms with Crippen molar-refractivity contribution in [3.63, 3.8) is 0 Å². The molecule has 0 spiro atoms. The van der Waals surface area contributed by atoms with Crippen molar-refractivity contribution in [3.05, 3.63) is 33.7 Å². The van der Waals surface area contributed by atoms with Crippen LogP contribution in [0.1, 0.15) is 32.7 Å². The molecule has 0 aliphatic heterocycles.